The first-order valence-electron chi connectivity index (χ1n) is 4.85. The topological polar surface area (TPSA) is 50.4 Å². The van der Waals surface area contributed by atoms with Gasteiger partial charge in [0, 0.05) is 11.8 Å². The third-order valence-corrected chi connectivity index (χ3v) is 2.82. The molecule has 1 fully saturated rings. The molecule has 1 rings (SSSR count). The Balaban J connectivity index is 2.26. The Bertz CT molecular complexity index is 178. The highest BCUT2D eigenvalue weighted by Crippen LogP contribution is 2.22. The summed E-state index contributed by atoms with van der Waals surface area (Å²) in [5.74, 6) is 1.72. The maximum atomic E-state index is 5.75. The molecule has 0 aliphatic heterocycles. The molecule has 3 nitrogen and oxygen atoms in total. The van der Waals surface area contributed by atoms with Crippen LogP contribution in [0.15, 0.2) is 4.99 Å². The second kappa shape index (κ2) is 5.37. The van der Waals surface area contributed by atoms with Crippen molar-refractivity contribution in [3.05, 3.63) is 0 Å². The van der Waals surface area contributed by atoms with Gasteiger partial charge in [-0.1, -0.05) is 6.92 Å². The first-order chi connectivity index (χ1) is 6.26. The number of nitrogens with zero attached hydrogens (tertiary/aromatic N) is 1. The predicted octanol–water partition coefficient (Wildman–Crippen LogP) is 1.19. The maximum absolute atomic E-state index is 5.75. The minimum absolute atomic E-state index is 0.470. The van der Waals surface area contributed by atoms with Crippen LogP contribution in [0.4, 0.5) is 0 Å². The van der Waals surface area contributed by atoms with Crippen LogP contribution in [-0.2, 0) is 0 Å². The van der Waals surface area contributed by atoms with E-state index in [-0.39, 0.29) is 0 Å². The molecule has 0 saturated heterocycles. The largest absolute Gasteiger partial charge is 0.370 e. The van der Waals surface area contributed by atoms with E-state index in [0.717, 1.165) is 12.2 Å². The Kier molecular flexibility index (Phi) is 4.42. The van der Waals surface area contributed by atoms with Crippen molar-refractivity contribution in [2.45, 2.75) is 38.3 Å². The Hall–Kier alpha value is -0.380. The van der Waals surface area contributed by atoms with Gasteiger partial charge in [-0.05, 0) is 25.5 Å². The molecular weight excluding hydrogens is 182 g/mol. The molecule has 0 aromatic rings. The molecule has 0 aromatic heterocycles. The first kappa shape index (κ1) is 10.7. The summed E-state index contributed by atoms with van der Waals surface area (Å²) >= 11 is 1.84. The van der Waals surface area contributed by atoms with Crippen molar-refractivity contribution in [3.63, 3.8) is 0 Å². The van der Waals surface area contributed by atoms with Crippen LogP contribution in [0.2, 0.25) is 0 Å². The summed E-state index contributed by atoms with van der Waals surface area (Å²) < 4.78 is 0. The summed E-state index contributed by atoms with van der Waals surface area (Å²) in [6.07, 6.45) is 5.63. The third kappa shape index (κ3) is 4.41. The molecule has 1 aliphatic carbocycles. The Morgan fingerprint density at radius 1 is 1.69 bits per heavy atom. The molecule has 0 bridgehead atoms. The molecule has 0 aromatic carbocycles. The third-order valence-electron chi connectivity index (χ3n) is 2.08. The van der Waals surface area contributed by atoms with Gasteiger partial charge < -0.3 is 11.1 Å². The molecule has 0 radical (unpaired) electrons. The Morgan fingerprint density at radius 2 is 2.38 bits per heavy atom. The zero-order valence-corrected chi connectivity index (χ0v) is 9.23. The fraction of sp³-hybridized carbons (Fsp3) is 0.889. The zero-order valence-electron chi connectivity index (χ0n) is 8.42. The van der Waals surface area contributed by atoms with Gasteiger partial charge in [-0.3, -0.25) is 4.99 Å². The van der Waals surface area contributed by atoms with Gasteiger partial charge >= 0.3 is 0 Å². The number of hydrogen-bond donors (Lipinski definition) is 2. The van der Waals surface area contributed by atoms with Crippen molar-refractivity contribution < 1.29 is 0 Å². The van der Waals surface area contributed by atoms with Crippen LogP contribution in [0.1, 0.15) is 26.2 Å². The van der Waals surface area contributed by atoms with E-state index in [1.165, 1.54) is 12.8 Å². The highest BCUT2D eigenvalue weighted by atomic mass is 32.2. The van der Waals surface area contributed by atoms with E-state index >= 15 is 0 Å². The van der Waals surface area contributed by atoms with E-state index in [1.54, 1.807) is 0 Å². The number of thioether (sulfide) groups is 1. The predicted molar refractivity (Wildman–Crippen MR) is 60.2 cm³/mol. The fourth-order valence-corrected chi connectivity index (χ4v) is 1.83. The van der Waals surface area contributed by atoms with Crippen LogP contribution in [0, 0.1) is 0 Å². The van der Waals surface area contributed by atoms with Crippen LogP contribution in [0.3, 0.4) is 0 Å². The lowest BCUT2D eigenvalue weighted by atomic mass is 10.3. The van der Waals surface area contributed by atoms with Crippen molar-refractivity contribution >= 4 is 17.7 Å². The first-order valence-corrected chi connectivity index (χ1v) is 6.24. The van der Waals surface area contributed by atoms with E-state index in [2.05, 4.69) is 23.5 Å². The number of guanidine groups is 1. The van der Waals surface area contributed by atoms with Crippen LogP contribution in [-0.4, -0.2) is 30.1 Å². The minimum Gasteiger partial charge on any atom is -0.370 e. The molecule has 1 unspecified atom stereocenters. The molecule has 76 valence electrons. The summed E-state index contributed by atoms with van der Waals surface area (Å²) in [6, 6.07) is 0.983. The molecule has 1 atom stereocenters. The van der Waals surface area contributed by atoms with Gasteiger partial charge in [-0.25, -0.2) is 0 Å². The van der Waals surface area contributed by atoms with Crippen LogP contribution in [0.25, 0.3) is 0 Å². The van der Waals surface area contributed by atoms with Gasteiger partial charge in [0.15, 0.2) is 5.96 Å². The average Bonchev–Trinajstić information content (AvgIpc) is 2.87. The molecule has 1 aliphatic rings. The molecule has 0 amide bonds. The van der Waals surface area contributed by atoms with Crippen molar-refractivity contribution in [2.75, 3.05) is 12.0 Å². The average molecular weight is 201 g/mol. The lowest BCUT2D eigenvalue weighted by molar-refractivity contribution is 0.646. The number of nitrogens with one attached hydrogen (secondary N) is 1. The van der Waals surface area contributed by atoms with Gasteiger partial charge in [-0.15, -0.1) is 0 Å². The van der Waals surface area contributed by atoms with Gasteiger partial charge in [0.25, 0.3) is 0 Å². The van der Waals surface area contributed by atoms with Gasteiger partial charge in [0.05, 0.1) is 6.04 Å². The van der Waals surface area contributed by atoms with Crippen molar-refractivity contribution in [3.8, 4) is 0 Å². The Morgan fingerprint density at radius 3 is 2.85 bits per heavy atom. The molecule has 0 heterocycles. The second-order valence-electron chi connectivity index (χ2n) is 3.45. The van der Waals surface area contributed by atoms with E-state index in [4.69, 9.17) is 5.73 Å². The van der Waals surface area contributed by atoms with Crippen molar-refractivity contribution in [2.24, 2.45) is 10.7 Å². The van der Waals surface area contributed by atoms with Crippen molar-refractivity contribution in [1.82, 2.24) is 5.32 Å². The summed E-state index contributed by atoms with van der Waals surface area (Å²) in [7, 11) is 0. The normalized spacial score (nSPS) is 20.0. The van der Waals surface area contributed by atoms with Crippen LogP contribution < -0.4 is 11.1 Å². The van der Waals surface area contributed by atoms with E-state index in [0.29, 0.717) is 18.0 Å². The summed E-state index contributed by atoms with van der Waals surface area (Å²) in [4.78, 5) is 4.33. The highest BCUT2D eigenvalue weighted by Gasteiger charge is 2.20. The lowest BCUT2D eigenvalue weighted by Gasteiger charge is -2.15. The summed E-state index contributed by atoms with van der Waals surface area (Å²) in [5, 5.41) is 3.25. The number of rotatable bonds is 5. The quantitative estimate of drug-likeness (QED) is 0.519. The lowest BCUT2D eigenvalue weighted by Crippen LogP contribution is -2.41. The minimum atomic E-state index is 0.470. The monoisotopic (exact) mass is 201 g/mol. The fourth-order valence-electron chi connectivity index (χ4n) is 1.11. The molecule has 13 heavy (non-hydrogen) atoms. The van der Waals surface area contributed by atoms with Gasteiger partial charge in [0.1, 0.15) is 0 Å². The van der Waals surface area contributed by atoms with E-state index < -0.39 is 0 Å². The van der Waals surface area contributed by atoms with Gasteiger partial charge in [-0.2, -0.15) is 11.8 Å². The smallest absolute Gasteiger partial charge is 0.189 e. The van der Waals surface area contributed by atoms with Crippen LogP contribution in [0.5, 0.6) is 0 Å². The van der Waals surface area contributed by atoms with E-state index in [9.17, 15) is 0 Å². The summed E-state index contributed by atoms with van der Waals surface area (Å²) in [6.45, 7) is 2.16. The van der Waals surface area contributed by atoms with Crippen LogP contribution >= 0.6 is 11.8 Å². The highest BCUT2D eigenvalue weighted by molar-refractivity contribution is 7.98. The number of hydrogen-bond acceptors (Lipinski definition) is 2. The maximum Gasteiger partial charge on any atom is 0.189 e. The standard InChI is InChI=1S/C9H19N3S/c1-3-7(6-13-2)11-9(10)12-8-4-5-8/h7-8H,3-6H2,1-2H3,(H3,10,11,12). The molecule has 4 heteroatoms. The van der Waals surface area contributed by atoms with E-state index in [1.807, 2.05) is 11.8 Å². The summed E-state index contributed by atoms with van der Waals surface area (Å²) in [5.41, 5.74) is 5.75. The second-order valence-corrected chi connectivity index (χ2v) is 4.36. The van der Waals surface area contributed by atoms with Crippen molar-refractivity contribution in [1.29, 1.82) is 0 Å². The molecule has 0 spiro atoms. The van der Waals surface area contributed by atoms with Gasteiger partial charge in [0.2, 0.25) is 0 Å². The SMILES string of the molecule is CCC(CSC)NC(N)=NC1CC1. The zero-order chi connectivity index (χ0) is 9.68. The molecular formula is C9H19N3S. The number of aliphatic imine (C=N–C) groups is 1. The number of nitrogens with two attached hydrogens (primary N) is 1. The Labute approximate surface area is 84.6 Å². The molecule has 3 N–H and O–H groups in total. The molecule has 1 saturated carbocycles.